The van der Waals surface area contributed by atoms with Gasteiger partial charge in [-0.25, -0.2) is 0 Å². The number of halogens is 1. The normalized spacial score (nSPS) is 14.6. The summed E-state index contributed by atoms with van der Waals surface area (Å²) < 4.78 is 0. The lowest BCUT2D eigenvalue weighted by atomic mass is 9.84. The van der Waals surface area contributed by atoms with Gasteiger partial charge in [0.2, 0.25) is 5.91 Å². The van der Waals surface area contributed by atoms with E-state index in [9.17, 15) is 9.90 Å². The van der Waals surface area contributed by atoms with E-state index in [2.05, 4.69) is 5.32 Å². The summed E-state index contributed by atoms with van der Waals surface area (Å²) in [4.78, 5) is 12.3. The maximum absolute atomic E-state index is 12.3. The van der Waals surface area contributed by atoms with E-state index in [1.807, 2.05) is 45.0 Å². The molecule has 0 heterocycles. The lowest BCUT2D eigenvalue weighted by Gasteiger charge is -2.25. The van der Waals surface area contributed by atoms with E-state index in [0.29, 0.717) is 24.4 Å². The van der Waals surface area contributed by atoms with E-state index in [4.69, 9.17) is 11.6 Å². The highest BCUT2D eigenvalue weighted by Gasteiger charge is 2.28. The molecule has 4 heteroatoms. The van der Waals surface area contributed by atoms with E-state index < -0.39 is 5.41 Å². The third-order valence-electron chi connectivity index (χ3n) is 3.50. The average molecular weight is 312 g/mol. The zero-order chi connectivity index (χ0) is 16.0. The van der Waals surface area contributed by atoms with Gasteiger partial charge >= 0.3 is 0 Å². The van der Waals surface area contributed by atoms with Gasteiger partial charge in [-0.1, -0.05) is 44.5 Å². The van der Waals surface area contributed by atoms with Crippen molar-refractivity contribution in [3.05, 3.63) is 34.9 Å². The lowest BCUT2D eigenvalue weighted by molar-refractivity contribution is -0.129. The summed E-state index contributed by atoms with van der Waals surface area (Å²) in [6.45, 7) is 8.24. The Labute approximate surface area is 132 Å². The molecule has 2 atom stereocenters. The van der Waals surface area contributed by atoms with Crippen molar-refractivity contribution >= 4 is 17.5 Å². The largest absolute Gasteiger partial charge is 0.393 e. The topological polar surface area (TPSA) is 49.3 Å². The predicted molar refractivity (Wildman–Crippen MR) is 87.4 cm³/mol. The van der Waals surface area contributed by atoms with Crippen molar-refractivity contribution in [3.8, 4) is 0 Å². The van der Waals surface area contributed by atoms with Crippen molar-refractivity contribution in [2.45, 2.75) is 46.6 Å². The number of aliphatic hydroxyl groups is 1. The van der Waals surface area contributed by atoms with Crippen LogP contribution in [0.4, 0.5) is 0 Å². The highest BCUT2D eigenvalue weighted by molar-refractivity contribution is 6.30. The number of hydrogen-bond donors (Lipinski definition) is 2. The summed E-state index contributed by atoms with van der Waals surface area (Å²) in [5.74, 6) is 0.288. The fourth-order valence-electron chi connectivity index (χ4n) is 2.41. The van der Waals surface area contributed by atoms with Crippen molar-refractivity contribution < 1.29 is 9.90 Å². The average Bonchev–Trinajstić information content (AvgIpc) is 2.34. The molecule has 0 unspecified atom stereocenters. The minimum absolute atomic E-state index is 0.0277. The molecule has 1 aromatic carbocycles. The number of benzene rings is 1. The Balaban J connectivity index is 2.55. The molecule has 0 fully saturated rings. The fraction of sp³-hybridized carbons (Fsp3) is 0.588. The number of carbonyl (C=O) groups excluding carboxylic acids is 1. The molecular weight excluding hydrogens is 286 g/mol. The van der Waals surface area contributed by atoms with Crippen LogP contribution in [0.15, 0.2) is 24.3 Å². The summed E-state index contributed by atoms with van der Waals surface area (Å²) in [6, 6.07) is 7.61. The van der Waals surface area contributed by atoms with Gasteiger partial charge in [-0.15, -0.1) is 0 Å². The molecule has 0 aromatic heterocycles. The number of amides is 1. The molecular formula is C17H26ClNO2. The smallest absolute Gasteiger partial charge is 0.226 e. The maximum atomic E-state index is 12.3. The molecule has 2 N–H and O–H groups in total. The monoisotopic (exact) mass is 311 g/mol. The Morgan fingerprint density at radius 3 is 2.62 bits per heavy atom. The van der Waals surface area contributed by atoms with E-state index in [0.717, 1.165) is 5.56 Å². The molecule has 0 saturated heterocycles. The van der Waals surface area contributed by atoms with Crippen LogP contribution in [0.3, 0.4) is 0 Å². The first-order valence-electron chi connectivity index (χ1n) is 7.41. The quantitative estimate of drug-likeness (QED) is 0.810. The summed E-state index contributed by atoms with van der Waals surface area (Å²) in [7, 11) is 0. The van der Waals surface area contributed by atoms with Crippen molar-refractivity contribution in [2.75, 3.05) is 6.54 Å². The van der Waals surface area contributed by atoms with Gasteiger partial charge in [-0.3, -0.25) is 4.79 Å². The van der Waals surface area contributed by atoms with E-state index in [-0.39, 0.29) is 17.9 Å². The zero-order valence-electron chi connectivity index (χ0n) is 13.3. The number of rotatable bonds is 7. The maximum Gasteiger partial charge on any atom is 0.226 e. The molecule has 0 bridgehead atoms. The zero-order valence-corrected chi connectivity index (χ0v) is 14.1. The number of carbonyl (C=O) groups is 1. The molecule has 0 aliphatic rings. The standard InChI is InChI=1S/C17H26ClNO2/c1-12(8-13(2)20)11-19-16(21)17(3,4)10-14-6-5-7-15(18)9-14/h5-7,9,12-13,20H,8,10-11H2,1-4H3,(H,19,21)/t12-,13+/m0/s1. The van der Waals surface area contributed by atoms with Crippen LogP contribution in [0.2, 0.25) is 5.02 Å². The van der Waals surface area contributed by atoms with Gasteiger partial charge < -0.3 is 10.4 Å². The van der Waals surface area contributed by atoms with Crippen LogP contribution in [-0.4, -0.2) is 23.7 Å². The van der Waals surface area contributed by atoms with Crippen LogP contribution in [-0.2, 0) is 11.2 Å². The molecule has 3 nitrogen and oxygen atoms in total. The van der Waals surface area contributed by atoms with Gasteiger partial charge in [0.15, 0.2) is 0 Å². The molecule has 0 spiro atoms. The van der Waals surface area contributed by atoms with Crippen LogP contribution in [0, 0.1) is 11.3 Å². The van der Waals surface area contributed by atoms with Gasteiger partial charge in [-0.2, -0.15) is 0 Å². The van der Waals surface area contributed by atoms with Crippen LogP contribution in [0.5, 0.6) is 0 Å². The Bertz CT molecular complexity index is 472. The Kier molecular flexibility index (Phi) is 6.69. The van der Waals surface area contributed by atoms with Crippen LogP contribution < -0.4 is 5.32 Å². The van der Waals surface area contributed by atoms with Gasteiger partial charge in [0.1, 0.15) is 0 Å². The molecule has 0 aliphatic heterocycles. The molecule has 0 radical (unpaired) electrons. The predicted octanol–water partition coefficient (Wildman–Crippen LogP) is 3.43. The van der Waals surface area contributed by atoms with E-state index in [1.165, 1.54) is 0 Å². The summed E-state index contributed by atoms with van der Waals surface area (Å²) in [5, 5.41) is 13.0. The third kappa shape index (κ3) is 6.49. The first-order valence-corrected chi connectivity index (χ1v) is 7.79. The molecule has 0 saturated carbocycles. The molecule has 1 rings (SSSR count). The third-order valence-corrected chi connectivity index (χ3v) is 3.74. The van der Waals surface area contributed by atoms with E-state index in [1.54, 1.807) is 6.92 Å². The summed E-state index contributed by atoms with van der Waals surface area (Å²) in [6.07, 6.45) is 0.996. The second-order valence-electron chi connectivity index (χ2n) is 6.59. The number of aliphatic hydroxyl groups excluding tert-OH is 1. The van der Waals surface area contributed by atoms with Crippen molar-refractivity contribution in [3.63, 3.8) is 0 Å². The highest BCUT2D eigenvalue weighted by Crippen LogP contribution is 2.24. The molecule has 21 heavy (non-hydrogen) atoms. The number of nitrogens with one attached hydrogen (secondary N) is 1. The lowest BCUT2D eigenvalue weighted by Crippen LogP contribution is -2.40. The molecule has 0 aliphatic carbocycles. The van der Waals surface area contributed by atoms with Crippen LogP contribution in [0.1, 0.15) is 39.7 Å². The second-order valence-corrected chi connectivity index (χ2v) is 7.03. The highest BCUT2D eigenvalue weighted by atomic mass is 35.5. The Morgan fingerprint density at radius 2 is 2.05 bits per heavy atom. The molecule has 1 aromatic rings. The Morgan fingerprint density at radius 1 is 1.38 bits per heavy atom. The molecule has 118 valence electrons. The van der Waals surface area contributed by atoms with E-state index >= 15 is 0 Å². The van der Waals surface area contributed by atoms with Gasteiger partial charge in [0.05, 0.1) is 6.10 Å². The van der Waals surface area contributed by atoms with Gasteiger partial charge in [-0.05, 0) is 43.4 Å². The SMILES string of the molecule is C[C@H](CNC(=O)C(C)(C)Cc1cccc(Cl)c1)C[C@@H](C)O. The second kappa shape index (κ2) is 7.81. The van der Waals surface area contributed by atoms with Crippen LogP contribution in [0.25, 0.3) is 0 Å². The Hall–Kier alpha value is -1.06. The van der Waals surface area contributed by atoms with Crippen molar-refractivity contribution in [1.29, 1.82) is 0 Å². The first-order chi connectivity index (χ1) is 9.70. The van der Waals surface area contributed by atoms with Crippen molar-refractivity contribution in [2.24, 2.45) is 11.3 Å². The van der Waals surface area contributed by atoms with Crippen molar-refractivity contribution in [1.82, 2.24) is 5.32 Å². The van der Waals surface area contributed by atoms with Crippen LogP contribution >= 0.6 is 11.6 Å². The molecule has 1 amide bonds. The minimum Gasteiger partial charge on any atom is -0.393 e. The minimum atomic E-state index is -0.491. The first kappa shape index (κ1) is 18.0. The van der Waals surface area contributed by atoms with Gasteiger partial charge in [0, 0.05) is 17.0 Å². The fourth-order valence-corrected chi connectivity index (χ4v) is 2.62. The number of hydrogen-bond acceptors (Lipinski definition) is 2. The summed E-state index contributed by atoms with van der Waals surface area (Å²) >= 11 is 5.98. The summed E-state index contributed by atoms with van der Waals surface area (Å²) in [5.41, 5.74) is 0.564. The van der Waals surface area contributed by atoms with Gasteiger partial charge in [0.25, 0.3) is 0 Å².